The van der Waals surface area contributed by atoms with E-state index in [1.54, 1.807) is 11.3 Å². The molecule has 0 saturated heterocycles. The molecule has 1 aromatic heterocycles. The minimum Gasteiger partial charge on any atom is -0.320 e. The number of hydrogen-bond donors (Lipinski definition) is 1. The Kier molecular flexibility index (Phi) is 2.31. The molecule has 2 N–H and O–H groups in total. The topological polar surface area (TPSA) is 26.0 Å². The average molecular weight is 187 g/mol. The van der Waals surface area contributed by atoms with E-state index in [4.69, 9.17) is 5.73 Å². The zero-order chi connectivity index (χ0) is 9.10. The minimum atomic E-state index is 0.421. The predicted molar refractivity (Wildman–Crippen MR) is 57.8 cm³/mol. The van der Waals surface area contributed by atoms with Gasteiger partial charge in [-0.1, -0.05) is 30.0 Å². The summed E-state index contributed by atoms with van der Waals surface area (Å²) in [5.74, 6) is 5.93. The van der Waals surface area contributed by atoms with Gasteiger partial charge in [0.25, 0.3) is 0 Å². The maximum atomic E-state index is 5.32. The standard InChI is InChI=1S/C11H9NS/c12-7-3-4-9-8-13-11-6-2-1-5-10(9)11/h1-2,5-6,8H,7,12H2. The van der Waals surface area contributed by atoms with E-state index in [0.717, 1.165) is 5.56 Å². The Balaban J connectivity index is 2.58. The first kappa shape index (κ1) is 8.31. The summed E-state index contributed by atoms with van der Waals surface area (Å²) in [6, 6.07) is 8.27. The molecule has 2 aromatic rings. The molecule has 1 heterocycles. The average Bonchev–Trinajstić information content (AvgIpc) is 2.58. The van der Waals surface area contributed by atoms with Crippen LogP contribution < -0.4 is 5.73 Å². The Morgan fingerprint density at radius 3 is 3.00 bits per heavy atom. The summed E-state index contributed by atoms with van der Waals surface area (Å²) >= 11 is 1.72. The number of rotatable bonds is 0. The van der Waals surface area contributed by atoms with Gasteiger partial charge in [-0.3, -0.25) is 0 Å². The van der Waals surface area contributed by atoms with Crippen LogP contribution in [0.5, 0.6) is 0 Å². The number of fused-ring (bicyclic) bond motifs is 1. The molecule has 0 aliphatic carbocycles. The second kappa shape index (κ2) is 3.61. The summed E-state index contributed by atoms with van der Waals surface area (Å²) in [7, 11) is 0. The fourth-order valence-corrected chi connectivity index (χ4v) is 2.11. The summed E-state index contributed by atoms with van der Waals surface area (Å²) < 4.78 is 1.28. The van der Waals surface area contributed by atoms with Crippen LogP contribution in [0.1, 0.15) is 5.56 Å². The molecule has 0 atom stereocenters. The van der Waals surface area contributed by atoms with Crippen LogP contribution in [0.25, 0.3) is 10.1 Å². The highest BCUT2D eigenvalue weighted by molar-refractivity contribution is 7.17. The molecule has 0 amide bonds. The molecule has 2 rings (SSSR count). The van der Waals surface area contributed by atoms with Crippen molar-refractivity contribution < 1.29 is 0 Å². The Bertz CT molecular complexity index is 473. The maximum absolute atomic E-state index is 5.32. The van der Waals surface area contributed by atoms with Crippen molar-refractivity contribution in [2.45, 2.75) is 0 Å². The van der Waals surface area contributed by atoms with Crippen LogP contribution >= 0.6 is 11.3 Å². The molecule has 64 valence electrons. The summed E-state index contributed by atoms with van der Waals surface area (Å²) in [6.45, 7) is 0.421. The quantitative estimate of drug-likeness (QED) is 0.629. The molecule has 0 fully saturated rings. The highest BCUT2D eigenvalue weighted by Gasteiger charge is 1.98. The van der Waals surface area contributed by atoms with Gasteiger partial charge in [-0.25, -0.2) is 0 Å². The van der Waals surface area contributed by atoms with Crippen molar-refractivity contribution in [3.8, 4) is 11.8 Å². The zero-order valence-corrected chi connectivity index (χ0v) is 7.90. The molecule has 0 bridgehead atoms. The van der Waals surface area contributed by atoms with E-state index in [-0.39, 0.29) is 0 Å². The lowest BCUT2D eigenvalue weighted by molar-refractivity contribution is 1.30. The lowest BCUT2D eigenvalue weighted by Crippen LogP contribution is -1.92. The fraction of sp³-hybridized carbons (Fsp3) is 0.0909. The second-order valence-corrected chi connectivity index (χ2v) is 3.56. The summed E-state index contributed by atoms with van der Waals surface area (Å²) in [4.78, 5) is 0. The van der Waals surface area contributed by atoms with Gasteiger partial charge in [0.15, 0.2) is 0 Å². The zero-order valence-electron chi connectivity index (χ0n) is 7.08. The predicted octanol–water partition coefficient (Wildman–Crippen LogP) is 2.21. The molecule has 0 unspecified atom stereocenters. The third-order valence-electron chi connectivity index (χ3n) is 1.81. The smallest absolute Gasteiger partial charge is 0.0555 e. The monoisotopic (exact) mass is 187 g/mol. The Hall–Kier alpha value is -1.30. The SMILES string of the molecule is NCC#Cc1csc2ccccc12. The largest absolute Gasteiger partial charge is 0.320 e. The molecule has 0 radical (unpaired) electrons. The number of hydrogen-bond acceptors (Lipinski definition) is 2. The van der Waals surface area contributed by atoms with Crippen LogP contribution in [-0.2, 0) is 0 Å². The van der Waals surface area contributed by atoms with E-state index < -0.39 is 0 Å². The van der Waals surface area contributed by atoms with Gasteiger partial charge in [-0.2, -0.15) is 0 Å². The molecule has 0 spiro atoms. The molecule has 0 aliphatic rings. The van der Waals surface area contributed by atoms with Gasteiger partial charge in [-0.15, -0.1) is 11.3 Å². The van der Waals surface area contributed by atoms with E-state index >= 15 is 0 Å². The molecular weight excluding hydrogens is 178 g/mol. The molecular formula is C11H9NS. The summed E-state index contributed by atoms with van der Waals surface area (Å²) in [6.07, 6.45) is 0. The van der Waals surface area contributed by atoms with Gasteiger partial charge in [0.1, 0.15) is 0 Å². The van der Waals surface area contributed by atoms with Crippen molar-refractivity contribution in [1.29, 1.82) is 0 Å². The van der Waals surface area contributed by atoms with Crippen molar-refractivity contribution in [2.75, 3.05) is 6.54 Å². The van der Waals surface area contributed by atoms with E-state index in [1.165, 1.54) is 10.1 Å². The normalized spacial score (nSPS) is 9.62. The van der Waals surface area contributed by atoms with E-state index in [9.17, 15) is 0 Å². The fourth-order valence-electron chi connectivity index (χ4n) is 1.22. The number of nitrogens with two attached hydrogens (primary N) is 1. The summed E-state index contributed by atoms with van der Waals surface area (Å²) in [5.41, 5.74) is 6.41. The molecule has 1 aromatic carbocycles. The number of benzene rings is 1. The van der Waals surface area contributed by atoms with Gasteiger partial charge in [0, 0.05) is 21.0 Å². The van der Waals surface area contributed by atoms with Gasteiger partial charge < -0.3 is 5.73 Å². The first-order chi connectivity index (χ1) is 6.42. The molecule has 2 heteroatoms. The van der Waals surface area contributed by atoms with Crippen LogP contribution in [0, 0.1) is 11.8 Å². The van der Waals surface area contributed by atoms with Gasteiger partial charge >= 0.3 is 0 Å². The minimum absolute atomic E-state index is 0.421. The molecule has 13 heavy (non-hydrogen) atoms. The van der Waals surface area contributed by atoms with Gasteiger partial charge in [0.05, 0.1) is 6.54 Å². The van der Waals surface area contributed by atoms with E-state index in [2.05, 4.69) is 29.4 Å². The number of thiophene rings is 1. The van der Waals surface area contributed by atoms with Crippen LogP contribution in [0.4, 0.5) is 0 Å². The maximum Gasteiger partial charge on any atom is 0.0555 e. The van der Waals surface area contributed by atoms with E-state index in [1.807, 2.05) is 12.1 Å². The van der Waals surface area contributed by atoms with Crippen molar-refractivity contribution in [3.05, 3.63) is 35.2 Å². The first-order valence-electron chi connectivity index (χ1n) is 4.07. The summed E-state index contributed by atoms with van der Waals surface area (Å²) in [5, 5.41) is 3.31. The molecule has 1 nitrogen and oxygen atoms in total. The molecule has 0 saturated carbocycles. The van der Waals surface area contributed by atoms with Crippen molar-refractivity contribution >= 4 is 21.4 Å². The second-order valence-electron chi connectivity index (χ2n) is 2.65. The van der Waals surface area contributed by atoms with Crippen LogP contribution in [0.15, 0.2) is 29.6 Å². The van der Waals surface area contributed by atoms with Gasteiger partial charge in [0.2, 0.25) is 0 Å². The first-order valence-corrected chi connectivity index (χ1v) is 4.95. The Labute approximate surface area is 81.2 Å². The highest BCUT2D eigenvalue weighted by atomic mass is 32.1. The van der Waals surface area contributed by atoms with Crippen molar-refractivity contribution in [1.82, 2.24) is 0 Å². The van der Waals surface area contributed by atoms with Crippen LogP contribution in [0.2, 0.25) is 0 Å². The Morgan fingerprint density at radius 2 is 2.15 bits per heavy atom. The van der Waals surface area contributed by atoms with Crippen LogP contribution in [-0.4, -0.2) is 6.54 Å². The Morgan fingerprint density at radius 1 is 1.31 bits per heavy atom. The van der Waals surface area contributed by atoms with Crippen molar-refractivity contribution in [3.63, 3.8) is 0 Å². The lowest BCUT2D eigenvalue weighted by atomic mass is 10.2. The third kappa shape index (κ3) is 1.57. The van der Waals surface area contributed by atoms with E-state index in [0.29, 0.717) is 6.54 Å². The molecule has 0 aliphatic heterocycles. The van der Waals surface area contributed by atoms with Crippen LogP contribution in [0.3, 0.4) is 0 Å². The van der Waals surface area contributed by atoms with Crippen molar-refractivity contribution in [2.24, 2.45) is 5.73 Å². The lowest BCUT2D eigenvalue weighted by Gasteiger charge is -1.87. The highest BCUT2D eigenvalue weighted by Crippen LogP contribution is 2.24. The van der Waals surface area contributed by atoms with Gasteiger partial charge in [-0.05, 0) is 6.07 Å². The third-order valence-corrected chi connectivity index (χ3v) is 2.77.